The zero-order valence-corrected chi connectivity index (χ0v) is 13.9. The van der Waals surface area contributed by atoms with Crippen LogP contribution in [0.4, 0.5) is 0 Å². The summed E-state index contributed by atoms with van der Waals surface area (Å²) in [5, 5.41) is 15.6. The smallest absolute Gasteiger partial charge is 0.258 e. The van der Waals surface area contributed by atoms with Crippen molar-refractivity contribution in [2.45, 2.75) is 4.90 Å². The first-order valence-corrected chi connectivity index (χ1v) is 8.17. The minimum absolute atomic E-state index is 0.0995. The molecule has 1 aromatic carbocycles. The molecule has 7 nitrogen and oxygen atoms in total. The third kappa shape index (κ3) is 4.75. The van der Waals surface area contributed by atoms with Crippen LogP contribution in [0, 0.1) is 11.3 Å². The molecule has 10 heteroatoms. The summed E-state index contributed by atoms with van der Waals surface area (Å²) in [5.74, 6) is -0.217. The predicted octanol–water partition coefficient (Wildman–Crippen LogP) is 0.878. The van der Waals surface area contributed by atoms with E-state index in [1.807, 2.05) is 0 Å². The second-order valence-corrected chi connectivity index (χ2v) is 6.75. The van der Waals surface area contributed by atoms with Crippen molar-refractivity contribution in [2.24, 2.45) is 5.14 Å². The van der Waals surface area contributed by atoms with E-state index in [-0.39, 0.29) is 23.8 Å². The van der Waals surface area contributed by atoms with E-state index < -0.39 is 15.9 Å². The quantitative estimate of drug-likeness (QED) is 0.676. The highest BCUT2D eigenvalue weighted by Gasteiger charge is 2.16. The number of benzene rings is 1. The van der Waals surface area contributed by atoms with Gasteiger partial charge in [0.15, 0.2) is 6.61 Å². The molecule has 3 N–H and O–H groups in total. The Morgan fingerprint density at radius 3 is 2.40 bits per heavy atom. The number of ether oxygens (including phenoxy) is 1. The zero-order chi connectivity index (χ0) is 15.3. The molecule has 1 rings (SSSR count). The molecule has 20 heavy (non-hydrogen) atoms. The minimum Gasteiger partial charge on any atom is -0.481 e. The summed E-state index contributed by atoms with van der Waals surface area (Å²) in [6.45, 7) is -0.428. The van der Waals surface area contributed by atoms with Crippen LogP contribution in [0.3, 0.4) is 0 Å². The van der Waals surface area contributed by atoms with Crippen molar-refractivity contribution in [3.05, 3.63) is 21.1 Å². The third-order valence-corrected chi connectivity index (χ3v) is 4.08. The van der Waals surface area contributed by atoms with Crippen LogP contribution in [-0.4, -0.2) is 27.5 Å². The third-order valence-electron chi connectivity index (χ3n) is 2.01. The fourth-order valence-corrected chi connectivity index (χ4v) is 3.45. The second kappa shape index (κ2) is 7.03. The summed E-state index contributed by atoms with van der Waals surface area (Å²) >= 11 is 6.27. The zero-order valence-electron chi connectivity index (χ0n) is 9.89. The molecule has 0 aromatic heterocycles. The van der Waals surface area contributed by atoms with Crippen molar-refractivity contribution in [1.82, 2.24) is 5.32 Å². The molecule has 0 aliphatic rings. The molecule has 0 unspecified atom stereocenters. The highest BCUT2D eigenvalue weighted by molar-refractivity contribution is 9.11. The van der Waals surface area contributed by atoms with Gasteiger partial charge in [0.25, 0.3) is 5.91 Å². The number of hydrogen-bond donors (Lipinski definition) is 2. The van der Waals surface area contributed by atoms with Crippen LogP contribution < -0.4 is 15.2 Å². The van der Waals surface area contributed by atoms with Crippen molar-refractivity contribution < 1.29 is 17.9 Å². The molecule has 0 atom stereocenters. The van der Waals surface area contributed by atoms with Gasteiger partial charge in [0.2, 0.25) is 10.0 Å². The van der Waals surface area contributed by atoms with Gasteiger partial charge in [-0.05, 0) is 44.0 Å². The molecular weight excluding hydrogens is 418 g/mol. The highest BCUT2D eigenvalue weighted by atomic mass is 79.9. The van der Waals surface area contributed by atoms with Crippen molar-refractivity contribution in [2.75, 3.05) is 13.2 Å². The lowest BCUT2D eigenvalue weighted by atomic mass is 10.3. The van der Waals surface area contributed by atoms with Crippen LogP contribution in [0.5, 0.6) is 5.75 Å². The first kappa shape index (κ1) is 16.9. The van der Waals surface area contributed by atoms with Gasteiger partial charge in [-0.25, -0.2) is 13.6 Å². The largest absolute Gasteiger partial charge is 0.481 e. The van der Waals surface area contributed by atoms with Gasteiger partial charge in [-0.1, -0.05) is 0 Å². The van der Waals surface area contributed by atoms with Crippen LogP contribution in [0.2, 0.25) is 0 Å². The fourth-order valence-electron chi connectivity index (χ4n) is 1.17. The van der Waals surface area contributed by atoms with Crippen LogP contribution >= 0.6 is 31.9 Å². The van der Waals surface area contributed by atoms with E-state index >= 15 is 0 Å². The Morgan fingerprint density at radius 2 is 1.95 bits per heavy atom. The normalized spacial score (nSPS) is 10.7. The molecular formula is C10H9Br2N3O4S. The van der Waals surface area contributed by atoms with Crippen molar-refractivity contribution >= 4 is 47.8 Å². The molecule has 0 saturated carbocycles. The minimum atomic E-state index is -3.84. The number of carbonyl (C=O) groups is 1. The number of nitrogens with one attached hydrogen (secondary N) is 1. The number of primary sulfonamides is 1. The van der Waals surface area contributed by atoms with Crippen molar-refractivity contribution in [1.29, 1.82) is 5.26 Å². The van der Waals surface area contributed by atoms with E-state index in [9.17, 15) is 13.2 Å². The first-order valence-electron chi connectivity index (χ1n) is 5.04. The first-order chi connectivity index (χ1) is 9.25. The van der Waals surface area contributed by atoms with Crippen LogP contribution in [0.15, 0.2) is 26.0 Å². The molecule has 0 spiro atoms. The molecule has 0 aliphatic carbocycles. The Labute approximate surface area is 132 Å². The highest BCUT2D eigenvalue weighted by Crippen LogP contribution is 2.35. The number of amides is 1. The summed E-state index contributed by atoms with van der Waals surface area (Å²) in [6, 6.07) is 4.29. The van der Waals surface area contributed by atoms with Crippen LogP contribution in [0.1, 0.15) is 0 Å². The van der Waals surface area contributed by atoms with Gasteiger partial charge >= 0.3 is 0 Å². The molecule has 1 aromatic rings. The maximum Gasteiger partial charge on any atom is 0.258 e. The van der Waals surface area contributed by atoms with E-state index in [0.717, 1.165) is 0 Å². The van der Waals surface area contributed by atoms with Gasteiger partial charge in [0.05, 0.1) is 19.9 Å². The standard InChI is InChI=1S/C10H9Br2N3O4S/c11-7-3-6(20(14,17)18)4-8(12)10(7)19-5-9(16)15-2-1-13/h3-4H,2,5H2,(H,15,16)(H2,14,17,18). The fraction of sp³-hybridized carbons (Fsp3) is 0.200. The van der Waals surface area contributed by atoms with Gasteiger partial charge in [-0.2, -0.15) is 5.26 Å². The number of sulfonamides is 1. The number of nitrogens with two attached hydrogens (primary N) is 1. The summed E-state index contributed by atoms with van der Waals surface area (Å²) < 4.78 is 28.4. The van der Waals surface area contributed by atoms with E-state index in [1.54, 1.807) is 6.07 Å². The Morgan fingerprint density at radius 1 is 1.40 bits per heavy atom. The predicted molar refractivity (Wildman–Crippen MR) is 77.3 cm³/mol. The Bertz CT molecular complexity index is 647. The number of halogens is 2. The van der Waals surface area contributed by atoms with Gasteiger partial charge in [0, 0.05) is 0 Å². The van der Waals surface area contributed by atoms with E-state index in [1.165, 1.54) is 12.1 Å². The van der Waals surface area contributed by atoms with Crippen LogP contribution in [-0.2, 0) is 14.8 Å². The molecule has 108 valence electrons. The number of rotatable bonds is 5. The maximum atomic E-state index is 11.3. The topological polar surface area (TPSA) is 122 Å². The summed E-state index contributed by atoms with van der Waals surface area (Å²) in [4.78, 5) is 11.2. The second-order valence-electron chi connectivity index (χ2n) is 3.48. The van der Waals surface area contributed by atoms with Crippen LogP contribution in [0.25, 0.3) is 0 Å². The van der Waals surface area contributed by atoms with E-state index in [0.29, 0.717) is 8.95 Å². The summed E-state index contributed by atoms with van der Waals surface area (Å²) in [6.07, 6.45) is 0. The molecule has 0 fully saturated rings. The molecule has 0 aliphatic heterocycles. The average Bonchev–Trinajstić information content (AvgIpc) is 2.34. The number of hydrogen-bond acceptors (Lipinski definition) is 5. The molecule has 0 radical (unpaired) electrons. The Hall–Kier alpha value is -1.15. The lowest BCUT2D eigenvalue weighted by Crippen LogP contribution is -2.29. The monoisotopic (exact) mass is 425 g/mol. The summed E-state index contributed by atoms with van der Waals surface area (Å²) in [5.41, 5.74) is 0. The Kier molecular flexibility index (Phi) is 5.94. The van der Waals surface area contributed by atoms with Gasteiger partial charge in [-0.3, -0.25) is 4.79 Å². The lowest BCUT2D eigenvalue weighted by molar-refractivity contribution is -0.122. The Balaban J connectivity index is 2.88. The van der Waals surface area contributed by atoms with Crippen molar-refractivity contribution in [3.63, 3.8) is 0 Å². The maximum absolute atomic E-state index is 11.3. The van der Waals surface area contributed by atoms with E-state index in [4.69, 9.17) is 15.1 Å². The van der Waals surface area contributed by atoms with Gasteiger partial charge in [-0.15, -0.1) is 0 Å². The lowest BCUT2D eigenvalue weighted by Gasteiger charge is -2.11. The molecule has 0 bridgehead atoms. The number of carbonyl (C=O) groups excluding carboxylic acids is 1. The van der Waals surface area contributed by atoms with Gasteiger partial charge in [0.1, 0.15) is 12.3 Å². The SMILES string of the molecule is N#CCNC(=O)COc1c(Br)cc(S(N)(=O)=O)cc1Br. The number of nitriles is 1. The summed E-state index contributed by atoms with van der Waals surface area (Å²) in [7, 11) is -3.84. The van der Waals surface area contributed by atoms with E-state index in [2.05, 4.69) is 37.2 Å². The average molecular weight is 427 g/mol. The molecule has 1 amide bonds. The molecule has 0 heterocycles. The molecule has 0 saturated heterocycles. The number of nitrogens with zero attached hydrogens (tertiary/aromatic N) is 1. The van der Waals surface area contributed by atoms with Crippen molar-refractivity contribution in [3.8, 4) is 11.8 Å². The van der Waals surface area contributed by atoms with Gasteiger partial charge < -0.3 is 10.1 Å².